The SMILES string of the molecule is Cc1cccc(N2C(=O)[C@@H]3[C@H](C2=O)[C@H]2C=C[C@@H]3C2=C2CCCCC2)c1. The van der Waals surface area contributed by atoms with Crippen molar-refractivity contribution in [3.8, 4) is 0 Å². The highest BCUT2D eigenvalue weighted by atomic mass is 16.2. The lowest BCUT2D eigenvalue weighted by molar-refractivity contribution is -0.122. The summed E-state index contributed by atoms with van der Waals surface area (Å²) in [5.74, 6) is -0.0127. The predicted molar refractivity (Wildman–Crippen MR) is 96.9 cm³/mol. The van der Waals surface area contributed by atoms with Gasteiger partial charge in [-0.15, -0.1) is 0 Å². The molecule has 1 aromatic rings. The summed E-state index contributed by atoms with van der Waals surface area (Å²) in [5, 5.41) is 0. The van der Waals surface area contributed by atoms with Gasteiger partial charge in [-0.25, -0.2) is 4.90 Å². The first-order valence-electron chi connectivity index (χ1n) is 9.51. The lowest BCUT2D eigenvalue weighted by atomic mass is 9.85. The van der Waals surface area contributed by atoms with E-state index in [-0.39, 0.29) is 35.5 Å². The van der Waals surface area contributed by atoms with Crippen LogP contribution in [0.4, 0.5) is 5.69 Å². The number of hydrogen-bond donors (Lipinski definition) is 0. The smallest absolute Gasteiger partial charge is 0.238 e. The molecular weight excluding hydrogens is 310 g/mol. The van der Waals surface area contributed by atoms with Gasteiger partial charge in [0.2, 0.25) is 11.8 Å². The van der Waals surface area contributed by atoms with Gasteiger partial charge in [-0.2, -0.15) is 0 Å². The van der Waals surface area contributed by atoms with Crippen molar-refractivity contribution < 1.29 is 9.59 Å². The minimum Gasteiger partial charge on any atom is -0.274 e. The number of anilines is 1. The van der Waals surface area contributed by atoms with Gasteiger partial charge in [-0.1, -0.05) is 41.9 Å². The first-order chi connectivity index (χ1) is 12.2. The fourth-order valence-corrected chi connectivity index (χ4v) is 5.52. The maximum Gasteiger partial charge on any atom is 0.238 e. The van der Waals surface area contributed by atoms with Crippen LogP contribution in [0.2, 0.25) is 0 Å². The van der Waals surface area contributed by atoms with Crippen LogP contribution in [0, 0.1) is 30.6 Å². The van der Waals surface area contributed by atoms with Crippen molar-refractivity contribution in [2.24, 2.45) is 23.7 Å². The number of amides is 2. The zero-order valence-corrected chi connectivity index (χ0v) is 14.6. The van der Waals surface area contributed by atoms with Crippen molar-refractivity contribution in [2.75, 3.05) is 4.90 Å². The van der Waals surface area contributed by atoms with E-state index in [1.165, 1.54) is 29.7 Å². The lowest BCUT2D eigenvalue weighted by Gasteiger charge is -2.23. The molecule has 0 radical (unpaired) electrons. The maximum absolute atomic E-state index is 13.2. The monoisotopic (exact) mass is 333 g/mol. The highest BCUT2D eigenvalue weighted by Crippen LogP contribution is 2.58. The van der Waals surface area contributed by atoms with E-state index in [0.717, 1.165) is 24.1 Å². The molecule has 0 spiro atoms. The van der Waals surface area contributed by atoms with Crippen LogP contribution in [0.25, 0.3) is 0 Å². The fourth-order valence-electron chi connectivity index (χ4n) is 5.52. The number of rotatable bonds is 1. The Morgan fingerprint density at radius 1 is 0.920 bits per heavy atom. The second-order valence-electron chi connectivity index (χ2n) is 7.96. The van der Waals surface area contributed by atoms with Crippen LogP contribution < -0.4 is 4.90 Å². The van der Waals surface area contributed by atoms with Crippen LogP contribution in [0.15, 0.2) is 47.6 Å². The van der Waals surface area contributed by atoms with Crippen LogP contribution in [-0.2, 0) is 9.59 Å². The van der Waals surface area contributed by atoms with Gasteiger partial charge in [0.05, 0.1) is 17.5 Å². The molecule has 4 atom stereocenters. The summed E-state index contributed by atoms with van der Waals surface area (Å²) in [4.78, 5) is 27.8. The largest absolute Gasteiger partial charge is 0.274 e. The second-order valence-corrected chi connectivity index (χ2v) is 7.96. The molecule has 0 unspecified atom stereocenters. The molecule has 1 aliphatic heterocycles. The van der Waals surface area contributed by atoms with Crippen LogP contribution in [0.1, 0.15) is 37.7 Å². The van der Waals surface area contributed by atoms with Gasteiger partial charge >= 0.3 is 0 Å². The summed E-state index contributed by atoms with van der Waals surface area (Å²) < 4.78 is 0. The van der Waals surface area contributed by atoms with Crippen LogP contribution in [0.3, 0.4) is 0 Å². The normalized spacial score (nSPS) is 33.6. The Bertz CT molecular complexity index is 792. The minimum absolute atomic E-state index is 0.00589. The van der Waals surface area contributed by atoms with Crippen molar-refractivity contribution >= 4 is 17.5 Å². The molecule has 1 saturated heterocycles. The van der Waals surface area contributed by atoms with E-state index in [1.54, 1.807) is 5.57 Å². The van der Waals surface area contributed by atoms with Crippen molar-refractivity contribution in [1.82, 2.24) is 0 Å². The van der Waals surface area contributed by atoms with Gasteiger partial charge in [0.1, 0.15) is 0 Å². The third kappa shape index (κ3) is 2.04. The molecule has 0 aromatic heterocycles. The van der Waals surface area contributed by atoms with Gasteiger partial charge in [-0.05, 0) is 50.3 Å². The zero-order valence-electron chi connectivity index (χ0n) is 14.6. The summed E-state index contributed by atoms with van der Waals surface area (Å²) in [7, 11) is 0. The third-order valence-electron chi connectivity index (χ3n) is 6.54. The number of carbonyl (C=O) groups excluding carboxylic acids is 2. The molecule has 3 heteroatoms. The Balaban J connectivity index is 1.54. The molecule has 3 fully saturated rings. The summed E-state index contributed by atoms with van der Waals surface area (Å²) in [6.45, 7) is 1.99. The number of benzene rings is 1. The molecule has 2 bridgehead atoms. The Labute approximate surface area is 148 Å². The summed E-state index contributed by atoms with van der Waals surface area (Å²) in [6, 6.07) is 7.72. The Morgan fingerprint density at radius 3 is 2.16 bits per heavy atom. The van der Waals surface area contributed by atoms with Crippen molar-refractivity contribution in [2.45, 2.75) is 39.0 Å². The number of fused-ring (bicyclic) bond motifs is 5. The second kappa shape index (κ2) is 5.42. The summed E-state index contributed by atoms with van der Waals surface area (Å²) >= 11 is 0. The van der Waals surface area contributed by atoms with Gasteiger partial charge in [-0.3, -0.25) is 9.59 Å². The average molecular weight is 333 g/mol. The number of hydrogen-bond acceptors (Lipinski definition) is 2. The number of aryl methyl sites for hydroxylation is 1. The van der Waals surface area contributed by atoms with Crippen LogP contribution >= 0.6 is 0 Å². The molecule has 25 heavy (non-hydrogen) atoms. The van der Waals surface area contributed by atoms with Crippen molar-refractivity contribution in [3.05, 3.63) is 53.1 Å². The van der Waals surface area contributed by atoms with Gasteiger partial charge < -0.3 is 0 Å². The Morgan fingerprint density at radius 2 is 1.56 bits per heavy atom. The lowest BCUT2D eigenvalue weighted by Crippen LogP contribution is -2.33. The number of nitrogens with zero attached hydrogens (tertiary/aromatic N) is 1. The first kappa shape index (κ1) is 15.1. The van der Waals surface area contributed by atoms with E-state index in [2.05, 4.69) is 12.2 Å². The molecule has 3 aliphatic carbocycles. The first-order valence-corrected chi connectivity index (χ1v) is 9.51. The van der Waals surface area contributed by atoms with E-state index < -0.39 is 0 Å². The van der Waals surface area contributed by atoms with Gasteiger partial charge in [0.15, 0.2) is 0 Å². The molecule has 1 aromatic carbocycles. The maximum atomic E-state index is 13.2. The minimum atomic E-state index is -0.174. The number of carbonyl (C=O) groups is 2. The molecule has 5 rings (SSSR count). The number of allylic oxidation sites excluding steroid dienone is 4. The van der Waals surface area contributed by atoms with Crippen LogP contribution in [0.5, 0.6) is 0 Å². The highest BCUT2D eigenvalue weighted by Gasteiger charge is 2.62. The van der Waals surface area contributed by atoms with Gasteiger partial charge in [0, 0.05) is 11.8 Å². The number of imide groups is 1. The summed E-state index contributed by atoms with van der Waals surface area (Å²) in [5.41, 5.74) is 4.78. The van der Waals surface area contributed by atoms with E-state index in [4.69, 9.17) is 0 Å². The topological polar surface area (TPSA) is 37.4 Å². The molecule has 3 nitrogen and oxygen atoms in total. The average Bonchev–Trinajstić information content (AvgIpc) is 3.25. The van der Waals surface area contributed by atoms with Crippen LogP contribution in [-0.4, -0.2) is 11.8 Å². The fraction of sp³-hybridized carbons (Fsp3) is 0.455. The highest BCUT2D eigenvalue weighted by molar-refractivity contribution is 6.23. The Kier molecular flexibility index (Phi) is 3.28. The molecule has 1 heterocycles. The molecule has 2 saturated carbocycles. The van der Waals surface area contributed by atoms with E-state index in [0.29, 0.717) is 0 Å². The molecule has 2 amide bonds. The molecule has 128 valence electrons. The van der Waals surface area contributed by atoms with E-state index >= 15 is 0 Å². The van der Waals surface area contributed by atoms with Crippen molar-refractivity contribution in [3.63, 3.8) is 0 Å². The molecular formula is C22H23NO2. The Hall–Kier alpha value is -2.16. The summed E-state index contributed by atoms with van der Waals surface area (Å²) in [6.07, 6.45) is 10.5. The standard InChI is InChI=1S/C22H23NO2/c1-13-6-5-9-15(12-13)23-21(24)19-16-10-11-17(20(19)22(23)25)18(16)14-7-3-2-4-8-14/h5-6,9-12,16-17,19-20H,2-4,7-8H2,1H3/t16-,17+,19+,20-. The zero-order chi connectivity index (χ0) is 17.1. The molecule has 4 aliphatic rings. The molecule has 0 N–H and O–H groups in total. The van der Waals surface area contributed by atoms with Crippen molar-refractivity contribution in [1.29, 1.82) is 0 Å². The van der Waals surface area contributed by atoms with E-state index in [9.17, 15) is 9.59 Å². The predicted octanol–water partition coefficient (Wildman–Crippen LogP) is 4.18. The van der Waals surface area contributed by atoms with Gasteiger partial charge in [0.25, 0.3) is 0 Å². The third-order valence-corrected chi connectivity index (χ3v) is 6.54. The quantitative estimate of drug-likeness (QED) is 0.571. The van der Waals surface area contributed by atoms with E-state index in [1.807, 2.05) is 31.2 Å².